The van der Waals surface area contributed by atoms with Crippen molar-refractivity contribution in [3.05, 3.63) is 24.0 Å². The first-order valence-corrected chi connectivity index (χ1v) is 6.67. The second-order valence-corrected chi connectivity index (χ2v) is 4.74. The molecule has 1 fully saturated rings. The molecule has 4 nitrogen and oxygen atoms in total. The monoisotopic (exact) mass is 244 g/mol. The fraction of sp³-hybridized carbons (Fsp3) is 0.571. The van der Waals surface area contributed by atoms with Crippen LogP contribution in [0.25, 0.3) is 0 Å². The van der Waals surface area contributed by atoms with Crippen LogP contribution in [0.3, 0.4) is 0 Å². The summed E-state index contributed by atoms with van der Waals surface area (Å²) in [5.41, 5.74) is 1.69. The molecule has 2 rings (SSSR count). The molecule has 1 N–H and O–H groups in total. The van der Waals surface area contributed by atoms with Crippen molar-refractivity contribution in [2.75, 3.05) is 24.5 Å². The lowest BCUT2D eigenvalue weighted by Crippen LogP contribution is -2.38. The molecule has 0 amide bonds. The van der Waals surface area contributed by atoms with Gasteiger partial charge in [-0.3, -0.25) is 4.98 Å². The predicted octanol–water partition coefficient (Wildman–Crippen LogP) is 1.92. The van der Waals surface area contributed by atoms with Crippen molar-refractivity contribution in [1.82, 2.24) is 10.3 Å². The number of aromatic nitrogens is 1. The highest BCUT2D eigenvalue weighted by Gasteiger charge is 2.19. The Kier molecular flexibility index (Phi) is 4.54. The maximum atomic E-state index is 9.18. The lowest BCUT2D eigenvalue weighted by molar-refractivity contribution is 0.578. The summed E-state index contributed by atoms with van der Waals surface area (Å²) in [4.78, 5) is 6.44. The van der Waals surface area contributed by atoms with Crippen LogP contribution in [0, 0.1) is 11.3 Å². The van der Waals surface area contributed by atoms with E-state index in [-0.39, 0.29) is 0 Å². The molecule has 0 spiro atoms. The zero-order valence-corrected chi connectivity index (χ0v) is 10.9. The number of nitriles is 1. The Morgan fingerprint density at radius 1 is 1.61 bits per heavy atom. The molecule has 18 heavy (non-hydrogen) atoms. The molecule has 0 aliphatic carbocycles. The van der Waals surface area contributed by atoms with Crippen LogP contribution in [0.5, 0.6) is 0 Å². The summed E-state index contributed by atoms with van der Waals surface area (Å²) in [6.45, 7) is 5.22. The summed E-state index contributed by atoms with van der Waals surface area (Å²) >= 11 is 0. The number of hydrogen-bond acceptors (Lipinski definition) is 4. The topological polar surface area (TPSA) is 52.0 Å². The molecule has 1 aromatic rings. The number of pyridine rings is 1. The third kappa shape index (κ3) is 2.99. The Bertz CT molecular complexity index is 418. The van der Waals surface area contributed by atoms with E-state index in [9.17, 15) is 5.26 Å². The van der Waals surface area contributed by atoms with Crippen molar-refractivity contribution >= 4 is 5.69 Å². The average Bonchev–Trinajstić information content (AvgIpc) is 2.91. The smallest absolute Gasteiger partial charge is 0.101 e. The van der Waals surface area contributed by atoms with E-state index < -0.39 is 0 Å². The zero-order chi connectivity index (χ0) is 12.8. The number of nitrogens with zero attached hydrogens (tertiary/aromatic N) is 3. The molecule has 1 aromatic heterocycles. The highest BCUT2D eigenvalue weighted by molar-refractivity contribution is 5.57. The van der Waals surface area contributed by atoms with Gasteiger partial charge in [0.25, 0.3) is 0 Å². The van der Waals surface area contributed by atoms with Gasteiger partial charge in [-0.05, 0) is 31.9 Å². The maximum Gasteiger partial charge on any atom is 0.101 e. The van der Waals surface area contributed by atoms with E-state index in [0.29, 0.717) is 6.04 Å². The lowest BCUT2D eigenvalue weighted by atomic mass is 10.1. The van der Waals surface area contributed by atoms with Crippen LogP contribution >= 0.6 is 0 Å². The van der Waals surface area contributed by atoms with Crippen LogP contribution in [0.15, 0.2) is 18.5 Å². The zero-order valence-electron chi connectivity index (χ0n) is 10.9. The van der Waals surface area contributed by atoms with E-state index in [1.807, 2.05) is 6.20 Å². The largest absolute Gasteiger partial charge is 0.368 e. The third-order valence-electron chi connectivity index (χ3n) is 3.36. The van der Waals surface area contributed by atoms with Crippen LogP contribution in [0.2, 0.25) is 0 Å². The second kappa shape index (κ2) is 6.36. The van der Waals surface area contributed by atoms with Gasteiger partial charge in [0, 0.05) is 25.3 Å². The van der Waals surface area contributed by atoms with Gasteiger partial charge < -0.3 is 10.2 Å². The molecule has 1 aliphatic heterocycles. The molecule has 96 valence electrons. The number of hydrogen-bond donors (Lipinski definition) is 1. The van der Waals surface area contributed by atoms with Gasteiger partial charge in [-0.25, -0.2) is 0 Å². The first-order chi connectivity index (χ1) is 8.85. The summed E-state index contributed by atoms with van der Waals surface area (Å²) in [6.07, 6.45) is 7.04. The molecular weight excluding hydrogens is 224 g/mol. The van der Waals surface area contributed by atoms with E-state index in [1.165, 1.54) is 12.8 Å². The quantitative estimate of drug-likeness (QED) is 0.859. The summed E-state index contributed by atoms with van der Waals surface area (Å²) < 4.78 is 0. The van der Waals surface area contributed by atoms with Gasteiger partial charge in [-0.1, -0.05) is 6.92 Å². The van der Waals surface area contributed by atoms with Gasteiger partial charge >= 0.3 is 0 Å². The van der Waals surface area contributed by atoms with E-state index in [2.05, 4.69) is 28.2 Å². The summed E-state index contributed by atoms with van der Waals surface area (Å²) in [6, 6.07) is 4.59. The minimum Gasteiger partial charge on any atom is -0.368 e. The van der Waals surface area contributed by atoms with E-state index >= 15 is 0 Å². The summed E-state index contributed by atoms with van der Waals surface area (Å²) in [5.74, 6) is 0. The summed E-state index contributed by atoms with van der Waals surface area (Å²) in [7, 11) is 0. The molecule has 4 heteroatoms. The maximum absolute atomic E-state index is 9.18. The Morgan fingerprint density at radius 2 is 2.50 bits per heavy atom. The normalized spacial score (nSPS) is 18.6. The Morgan fingerprint density at radius 3 is 3.17 bits per heavy atom. The van der Waals surface area contributed by atoms with Crippen LogP contribution in [0.4, 0.5) is 5.69 Å². The van der Waals surface area contributed by atoms with E-state index in [0.717, 1.165) is 37.3 Å². The molecule has 1 aliphatic rings. The van der Waals surface area contributed by atoms with Crippen LogP contribution in [-0.4, -0.2) is 30.7 Å². The lowest BCUT2D eigenvalue weighted by Gasteiger charge is -2.27. The van der Waals surface area contributed by atoms with Gasteiger partial charge in [0.05, 0.1) is 17.4 Å². The Hall–Kier alpha value is -1.60. The molecule has 0 aromatic carbocycles. The van der Waals surface area contributed by atoms with Gasteiger partial charge in [-0.2, -0.15) is 5.26 Å². The molecule has 2 heterocycles. The second-order valence-electron chi connectivity index (χ2n) is 4.74. The number of rotatable bonds is 5. The molecular formula is C14H20N4. The number of anilines is 1. The average molecular weight is 244 g/mol. The first kappa shape index (κ1) is 12.8. The standard InChI is InChI=1S/C14H20N4/c1-2-8-18(11-13-4-3-6-17-13)14-10-16-7-5-12(14)9-15/h5,7,10,13,17H,2-4,6,8,11H2,1H3. The van der Waals surface area contributed by atoms with Crippen LogP contribution in [0.1, 0.15) is 31.7 Å². The Labute approximate surface area is 109 Å². The molecule has 1 unspecified atom stereocenters. The fourth-order valence-corrected chi connectivity index (χ4v) is 2.49. The van der Waals surface area contributed by atoms with Crippen molar-refractivity contribution < 1.29 is 0 Å². The van der Waals surface area contributed by atoms with Gasteiger partial charge in [0.1, 0.15) is 6.07 Å². The molecule has 0 bridgehead atoms. The highest BCUT2D eigenvalue weighted by Crippen LogP contribution is 2.20. The minimum absolute atomic E-state index is 0.545. The predicted molar refractivity (Wildman–Crippen MR) is 72.5 cm³/mol. The van der Waals surface area contributed by atoms with E-state index in [1.54, 1.807) is 12.3 Å². The van der Waals surface area contributed by atoms with Gasteiger partial charge in [0.15, 0.2) is 0 Å². The number of nitrogens with one attached hydrogen (secondary N) is 1. The Balaban J connectivity index is 2.15. The van der Waals surface area contributed by atoms with Crippen LogP contribution in [-0.2, 0) is 0 Å². The van der Waals surface area contributed by atoms with Crippen molar-refractivity contribution in [3.8, 4) is 6.07 Å². The molecule has 0 radical (unpaired) electrons. The first-order valence-electron chi connectivity index (χ1n) is 6.67. The van der Waals surface area contributed by atoms with E-state index in [4.69, 9.17) is 0 Å². The van der Waals surface area contributed by atoms with Gasteiger partial charge in [0.2, 0.25) is 0 Å². The van der Waals surface area contributed by atoms with Crippen molar-refractivity contribution in [2.45, 2.75) is 32.2 Å². The van der Waals surface area contributed by atoms with Crippen molar-refractivity contribution in [1.29, 1.82) is 5.26 Å². The van der Waals surface area contributed by atoms with Crippen molar-refractivity contribution in [3.63, 3.8) is 0 Å². The molecule has 0 saturated carbocycles. The van der Waals surface area contributed by atoms with Crippen LogP contribution < -0.4 is 10.2 Å². The highest BCUT2D eigenvalue weighted by atomic mass is 15.2. The molecule has 1 saturated heterocycles. The fourth-order valence-electron chi connectivity index (χ4n) is 2.49. The van der Waals surface area contributed by atoms with Crippen molar-refractivity contribution in [2.24, 2.45) is 0 Å². The third-order valence-corrected chi connectivity index (χ3v) is 3.36. The van der Waals surface area contributed by atoms with Gasteiger partial charge in [-0.15, -0.1) is 0 Å². The summed E-state index contributed by atoms with van der Waals surface area (Å²) in [5, 5.41) is 12.7. The SMILES string of the molecule is CCCN(CC1CCCN1)c1cnccc1C#N. The minimum atomic E-state index is 0.545. The molecule has 1 atom stereocenters.